The minimum Gasteiger partial charge on any atom is -0.506 e. The number of hydrogen-bond donors (Lipinski definition) is 1. The van der Waals surface area contributed by atoms with Crippen LogP contribution in [0, 0.1) is 0 Å². The molecule has 1 saturated heterocycles. The molecule has 1 aliphatic heterocycles. The number of rotatable bonds is 2. The first-order valence-electron chi connectivity index (χ1n) is 6.57. The number of nitrogens with zero attached hydrogens (tertiary/aromatic N) is 1. The lowest BCUT2D eigenvalue weighted by Crippen LogP contribution is -2.56. The predicted molar refractivity (Wildman–Crippen MR) is 77.6 cm³/mol. The first-order valence-corrected chi connectivity index (χ1v) is 6.95. The number of morpholine rings is 1. The fraction of sp³-hybridized carbons (Fsp3) is 0.600. The van der Waals surface area contributed by atoms with Gasteiger partial charge in [-0.1, -0.05) is 17.7 Å². The summed E-state index contributed by atoms with van der Waals surface area (Å²) < 4.78 is 6.06. The summed E-state index contributed by atoms with van der Waals surface area (Å²) in [6.07, 6.45) is 0. The monoisotopic (exact) mass is 283 g/mol. The van der Waals surface area contributed by atoms with Crippen molar-refractivity contribution in [1.82, 2.24) is 4.90 Å². The third kappa shape index (κ3) is 3.85. The van der Waals surface area contributed by atoms with Gasteiger partial charge < -0.3 is 9.84 Å². The SMILES string of the molecule is CC1(C)CN(Cc2ccc(O)c(Cl)c2)CC(C)(C)O1. The van der Waals surface area contributed by atoms with Crippen molar-refractivity contribution in [1.29, 1.82) is 0 Å². The molecule has 1 fully saturated rings. The molecule has 0 unspecified atom stereocenters. The molecule has 0 aromatic heterocycles. The highest BCUT2D eigenvalue weighted by Gasteiger charge is 2.37. The molecule has 0 aliphatic carbocycles. The van der Waals surface area contributed by atoms with Gasteiger partial charge in [0.25, 0.3) is 0 Å². The fourth-order valence-electron chi connectivity index (χ4n) is 2.96. The third-order valence-corrected chi connectivity index (χ3v) is 3.48. The molecule has 0 saturated carbocycles. The van der Waals surface area contributed by atoms with Crippen LogP contribution in [-0.2, 0) is 11.3 Å². The molecule has 0 radical (unpaired) electrons. The standard InChI is InChI=1S/C15H22ClNO2/c1-14(2)9-17(10-15(3,4)19-14)8-11-5-6-13(18)12(16)7-11/h5-7,18H,8-10H2,1-4H3. The molecule has 0 bridgehead atoms. The number of aromatic hydroxyl groups is 1. The molecular weight excluding hydrogens is 262 g/mol. The Morgan fingerprint density at radius 3 is 2.32 bits per heavy atom. The second-order valence-electron chi connectivity index (χ2n) is 6.55. The van der Waals surface area contributed by atoms with Crippen LogP contribution in [0.1, 0.15) is 33.3 Å². The zero-order valence-electron chi connectivity index (χ0n) is 12.0. The molecule has 1 heterocycles. The van der Waals surface area contributed by atoms with E-state index in [4.69, 9.17) is 16.3 Å². The highest BCUT2D eigenvalue weighted by Crippen LogP contribution is 2.30. The van der Waals surface area contributed by atoms with Gasteiger partial charge in [0.2, 0.25) is 0 Å². The Morgan fingerprint density at radius 2 is 1.79 bits per heavy atom. The van der Waals surface area contributed by atoms with Crippen molar-refractivity contribution in [2.75, 3.05) is 13.1 Å². The smallest absolute Gasteiger partial charge is 0.134 e. The number of phenols is 1. The molecule has 19 heavy (non-hydrogen) atoms. The average Bonchev–Trinajstić information content (AvgIpc) is 2.18. The van der Waals surface area contributed by atoms with Crippen molar-refractivity contribution >= 4 is 11.6 Å². The summed E-state index contributed by atoms with van der Waals surface area (Å²) in [6, 6.07) is 5.39. The van der Waals surface area contributed by atoms with Gasteiger partial charge in [0.15, 0.2) is 0 Å². The van der Waals surface area contributed by atoms with E-state index in [2.05, 4.69) is 32.6 Å². The van der Waals surface area contributed by atoms with Crippen molar-refractivity contribution in [3.63, 3.8) is 0 Å². The van der Waals surface area contributed by atoms with E-state index >= 15 is 0 Å². The van der Waals surface area contributed by atoms with Crippen molar-refractivity contribution in [3.8, 4) is 5.75 Å². The predicted octanol–water partition coefficient (Wildman–Crippen LogP) is 3.44. The quantitative estimate of drug-likeness (QED) is 0.902. The van der Waals surface area contributed by atoms with Crippen LogP contribution in [0.25, 0.3) is 0 Å². The Hall–Kier alpha value is -0.770. The van der Waals surface area contributed by atoms with E-state index in [0.717, 1.165) is 25.2 Å². The largest absolute Gasteiger partial charge is 0.506 e. The van der Waals surface area contributed by atoms with E-state index in [9.17, 15) is 5.11 Å². The Bertz CT molecular complexity index is 455. The number of ether oxygens (including phenoxy) is 1. The zero-order valence-corrected chi connectivity index (χ0v) is 12.8. The van der Waals surface area contributed by atoms with E-state index in [-0.39, 0.29) is 17.0 Å². The van der Waals surface area contributed by atoms with Gasteiger partial charge in [-0.15, -0.1) is 0 Å². The van der Waals surface area contributed by atoms with Gasteiger partial charge in [0.05, 0.1) is 16.2 Å². The minimum atomic E-state index is -0.150. The molecule has 0 amide bonds. The molecule has 1 aromatic carbocycles. The van der Waals surface area contributed by atoms with Gasteiger partial charge in [-0.25, -0.2) is 0 Å². The lowest BCUT2D eigenvalue weighted by molar-refractivity contribution is -0.182. The maximum Gasteiger partial charge on any atom is 0.134 e. The normalized spacial score (nSPS) is 22.4. The van der Waals surface area contributed by atoms with Crippen LogP contribution in [-0.4, -0.2) is 34.3 Å². The van der Waals surface area contributed by atoms with Crippen LogP contribution in [0.15, 0.2) is 18.2 Å². The summed E-state index contributed by atoms with van der Waals surface area (Å²) in [5.74, 6) is 0.132. The van der Waals surface area contributed by atoms with Crippen molar-refractivity contribution in [3.05, 3.63) is 28.8 Å². The first-order chi connectivity index (χ1) is 8.67. The molecule has 106 valence electrons. The van der Waals surface area contributed by atoms with Gasteiger partial charge in [-0.2, -0.15) is 0 Å². The van der Waals surface area contributed by atoms with E-state index < -0.39 is 0 Å². The van der Waals surface area contributed by atoms with E-state index in [1.165, 1.54) is 0 Å². The number of benzene rings is 1. The second-order valence-corrected chi connectivity index (χ2v) is 6.96. The summed E-state index contributed by atoms with van der Waals surface area (Å²) in [6.45, 7) is 11.0. The highest BCUT2D eigenvalue weighted by atomic mass is 35.5. The van der Waals surface area contributed by atoms with E-state index in [0.29, 0.717) is 5.02 Å². The summed E-state index contributed by atoms with van der Waals surface area (Å²) >= 11 is 5.95. The summed E-state index contributed by atoms with van der Waals surface area (Å²) in [7, 11) is 0. The molecule has 4 heteroatoms. The van der Waals surface area contributed by atoms with Crippen LogP contribution in [0.4, 0.5) is 0 Å². The van der Waals surface area contributed by atoms with Gasteiger partial charge >= 0.3 is 0 Å². The lowest BCUT2D eigenvalue weighted by Gasteiger charge is -2.47. The Balaban J connectivity index is 2.11. The molecule has 1 N–H and O–H groups in total. The lowest BCUT2D eigenvalue weighted by atomic mass is 9.98. The first kappa shape index (κ1) is 14.6. The van der Waals surface area contributed by atoms with Gasteiger partial charge in [0.1, 0.15) is 5.75 Å². The summed E-state index contributed by atoms with van der Waals surface area (Å²) in [5, 5.41) is 9.86. The molecule has 1 aliphatic rings. The van der Waals surface area contributed by atoms with Gasteiger partial charge in [-0.05, 0) is 45.4 Å². The molecule has 0 atom stereocenters. The molecule has 0 spiro atoms. The van der Waals surface area contributed by atoms with Crippen LogP contribution >= 0.6 is 11.6 Å². The second kappa shape index (κ2) is 4.97. The Kier molecular flexibility index (Phi) is 3.83. The fourth-order valence-corrected chi connectivity index (χ4v) is 3.17. The maximum absolute atomic E-state index is 9.45. The third-order valence-electron chi connectivity index (χ3n) is 3.18. The molecule has 1 aromatic rings. The van der Waals surface area contributed by atoms with Crippen molar-refractivity contribution < 1.29 is 9.84 Å². The van der Waals surface area contributed by atoms with E-state index in [1.54, 1.807) is 6.07 Å². The van der Waals surface area contributed by atoms with Crippen LogP contribution in [0.5, 0.6) is 5.75 Å². The zero-order chi connectivity index (χ0) is 14.3. The van der Waals surface area contributed by atoms with Gasteiger partial charge in [-0.3, -0.25) is 4.90 Å². The number of phenolic OH excluding ortho intramolecular Hbond substituents is 1. The highest BCUT2D eigenvalue weighted by molar-refractivity contribution is 6.32. The summed E-state index contributed by atoms with van der Waals surface area (Å²) in [4.78, 5) is 2.37. The molecule has 3 nitrogen and oxygen atoms in total. The average molecular weight is 284 g/mol. The van der Waals surface area contributed by atoms with Gasteiger partial charge in [0, 0.05) is 19.6 Å². The Morgan fingerprint density at radius 1 is 1.21 bits per heavy atom. The number of hydrogen-bond acceptors (Lipinski definition) is 3. The maximum atomic E-state index is 9.45. The van der Waals surface area contributed by atoms with Crippen molar-refractivity contribution in [2.45, 2.75) is 45.4 Å². The molecule has 2 rings (SSSR count). The van der Waals surface area contributed by atoms with E-state index in [1.807, 2.05) is 12.1 Å². The van der Waals surface area contributed by atoms with Crippen molar-refractivity contribution in [2.24, 2.45) is 0 Å². The minimum absolute atomic E-state index is 0.132. The molecular formula is C15H22ClNO2. The summed E-state index contributed by atoms with van der Waals surface area (Å²) in [5.41, 5.74) is 0.807. The topological polar surface area (TPSA) is 32.7 Å². The van der Waals surface area contributed by atoms with Crippen LogP contribution in [0.2, 0.25) is 5.02 Å². The van der Waals surface area contributed by atoms with Crippen LogP contribution in [0.3, 0.4) is 0 Å². The van der Waals surface area contributed by atoms with Crippen LogP contribution < -0.4 is 0 Å². The Labute approximate surface area is 120 Å². The number of halogens is 1.